The van der Waals surface area contributed by atoms with E-state index >= 15 is 0 Å². The zero-order valence-electron chi connectivity index (χ0n) is 33.0. The second-order valence-corrected chi connectivity index (χ2v) is 15.7. The van der Waals surface area contributed by atoms with Crippen molar-refractivity contribution < 1.29 is 4.42 Å². The van der Waals surface area contributed by atoms with Crippen molar-refractivity contribution in [2.45, 2.75) is 0 Å². The topological polar surface area (TPSA) is 51.8 Å². The molecule has 10 aromatic carbocycles. The van der Waals surface area contributed by atoms with E-state index in [9.17, 15) is 0 Å². The van der Waals surface area contributed by atoms with E-state index < -0.39 is 0 Å². The first-order valence-electron chi connectivity index (χ1n) is 20.6. The molecule has 0 aliphatic carbocycles. The minimum absolute atomic E-state index is 0.625. The van der Waals surface area contributed by atoms with E-state index in [-0.39, 0.29) is 0 Å². The summed E-state index contributed by atoms with van der Waals surface area (Å²) in [6.07, 6.45) is 0. The summed E-state index contributed by atoms with van der Waals surface area (Å²) in [5.74, 6) is 1.90. The minimum Gasteiger partial charge on any atom is -0.455 e. The summed E-state index contributed by atoms with van der Waals surface area (Å²) in [6.45, 7) is 0. The first kappa shape index (κ1) is 34.8. The lowest BCUT2D eigenvalue weighted by Gasteiger charge is -2.11. The predicted molar refractivity (Wildman–Crippen MR) is 252 cm³/mol. The van der Waals surface area contributed by atoms with Gasteiger partial charge in [-0.3, -0.25) is 0 Å². The Labute approximate surface area is 352 Å². The van der Waals surface area contributed by atoms with Gasteiger partial charge in [0.25, 0.3) is 0 Å². The molecule has 12 rings (SSSR count). The third-order valence-electron chi connectivity index (χ3n) is 11.8. The van der Waals surface area contributed by atoms with Crippen molar-refractivity contribution in [3.05, 3.63) is 212 Å². The van der Waals surface area contributed by atoms with E-state index in [1.165, 1.54) is 21.5 Å². The highest BCUT2D eigenvalue weighted by molar-refractivity contribution is 6.13. The van der Waals surface area contributed by atoms with Gasteiger partial charge in [0, 0.05) is 33.0 Å². The zero-order valence-corrected chi connectivity index (χ0v) is 33.0. The summed E-state index contributed by atoms with van der Waals surface area (Å²) >= 11 is 0. The second-order valence-electron chi connectivity index (χ2n) is 15.7. The molecule has 0 saturated heterocycles. The number of fused-ring (bicyclic) bond motifs is 6. The Kier molecular flexibility index (Phi) is 8.13. The molecule has 12 aromatic rings. The van der Waals surface area contributed by atoms with Crippen molar-refractivity contribution in [3.8, 4) is 67.5 Å². The number of furan rings is 1. The Morgan fingerprint density at radius 3 is 1.23 bits per heavy atom. The Morgan fingerprint density at radius 2 is 0.672 bits per heavy atom. The third kappa shape index (κ3) is 6.30. The van der Waals surface area contributed by atoms with Crippen LogP contribution in [0, 0.1) is 0 Å². The molecule has 0 aliphatic heterocycles. The molecule has 0 N–H and O–H groups in total. The van der Waals surface area contributed by atoms with Crippen molar-refractivity contribution in [2.75, 3.05) is 0 Å². The lowest BCUT2D eigenvalue weighted by atomic mass is 9.95. The largest absolute Gasteiger partial charge is 0.455 e. The molecule has 0 spiro atoms. The van der Waals surface area contributed by atoms with Gasteiger partial charge in [0.1, 0.15) is 11.2 Å². The summed E-state index contributed by atoms with van der Waals surface area (Å²) in [5.41, 5.74) is 11.2. The molecule has 0 fully saturated rings. The van der Waals surface area contributed by atoms with Gasteiger partial charge >= 0.3 is 0 Å². The lowest BCUT2D eigenvalue weighted by molar-refractivity contribution is 0.670. The molecule has 0 bridgehead atoms. The number of hydrogen-bond donors (Lipinski definition) is 0. The van der Waals surface area contributed by atoms with Crippen molar-refractivity contribution in [1.82, 2.24) is 15.0 Å². The van der Waals surface area contributed by atoms with Gasteiger partial charge in [-0.2, -0.15) is 0 Å². The second kappa shape index (κ2) is 14.3. The molecule has 0 amide bonds. The van der Waals surface area contributed by atoms with E-state index in [2.05, 4.69) is 212 Å². The SMILES string of the molecule is c1cc(-c2cccc(-c3nc(-c4ccc5ccccc5c4)nc(-c4ccc5ccccc5c4)n3)c2)cc(-c2cccc(-c3cccc4c3oc3cc5ccccc5cc34)c2)c1. The molecule has 284 valence electrons. The Hall–Kier alpha value is -8.21. The maximum atomic E-state index is 6.60. The molecule has 0 aliphatic rings. The standard InChI is InChI=1S/C57H35N3O/c1-3-13-38-31-48(27-25-36(38)11-1)56-58-55(59-57(60-56)49-28-26-37-12-2-4-14-39(37)32-49)47-22-9-20-43(33-47)41-18-7-17-40(29-41)42-19-8-21-46(30-42)50-23-10-24-51-52-34-44-15-5-6-16-45(44)35-53(52)61-54(50)51/h1-35H. The number of para-hydroxylation sites is 1. The number of rotatable bonds is 6. The number of nitrogens with zero attached hydrogens (tertiary/aromatic N) is 3. The maximum Gasteiger partial charge on any atom is 0.164 e. The van der Waals surface area contributed by atoms with Gasteiger partial charge < -0.3 is 4.42 Å². The van der Waals surface area contributed by atoms with Crippen LogP contribution in [0.1, 0.15) is 0 Å². The molecule has 0 atom stereocenters. The molecule has 4 nitrogen and oxygen atoms in total. The maximum absolute atomic E-state index is 6.60. The third-order valence-corrected chi connectivity index (χ3v) is 11.8. The quantitative estimate of drug-likeness (QED) is 0.169. The van der Waals surface area contributed by atoms with Crippen LogP contribution < -0.4 is 0 Å². The van der Waals surface area contributed by atoms with E-state index in [1.54, 1.807) is 0 Å². The van der Waals surface area contributed by atoms with Crippen LogP contribution in [-0.4, -0.2) is 15.0 Å². The highest BCUT2D eigenvalue weighted by atomic mass is 16.3. The summed E-state index contributed by atoms with van der Waals surface area (Å²) in [6, 6.07) is 74.8. The monoisotopic (exact) mass is 777 g/mol. The van der Waals surface area contributed by atoms with E-state index in [0.29, 0.717) is 17.5 Å². The Balaban J connectivity index is 0.923. The van der Waals surface area contributed by atoms with Crippen LogP contribution in [0.25, 0.3) is 122 Å². The fourth-order valence-electron chi connectivity index (χ4n) is 8.71. The molecule has 61 heavy (non-hydrogen) atoms. The number of hydrogen-bond acceptors (Lipinski definition) is 4. The van der Waals surface area contributed by atoms with Gasteiger partial charge in [-0.25, -0.2) is 15.0 Å². The average molecular weight is 778 g/mol. The smallest absolute Gasteiger partial charge is 0.164 e. The van der Waals surface area contributed by atoms with Gasteiger partial charge in [0.2, 0.25) is 0 Å². The summed E-state index contributed by atoms with van der Waals surface area (Å²) < 4.78 is 6.60. The predicted octanol–water partition coefficient (Wildman–Crippen LogP) is 15.2. The lowest BCUT2D eigenvalue weighted by Crippen LogP contribution is -2.00. The Bertz CT molecular complexity index is 3580. The van der Waals surface area contributed by atoms with Crippen molar-refractivity contribution in [2.24, 2.45) is 0 Å². The molecule has 4 heteroatoms. The number of aromatic nitrogens is 3. The van der Waals surface area contributed by atoms with E-state index in [0.717, 1.165) is 82.8 Å². The van der Waals surface area contributed by atoms with Gasteiger partial charge in [-0.15, -0.1) is 0 Å². The van der Waals surface area contributed by atoms with Gasteiger partial charge in [0.05, 0.1) is 0 Å². The average Bonchev–Trinajstić information content (AvgIpc) is 3.70. The Morgan fingerprint density at radius 1 is 0.262 bits per heavy atom. The van der Waals surface area contributed by atoms with Crippen LogP contribution in [0.15, 0.2) is 217 Å². The van der Waals surface area contributed by atoms with Gasteiger partial charge in [-0.05, 0) is 103 Å². The van der Waals surface area contributed by atoms with Gasteiger partial charge in [-0.1, -0.05) is 170 Å². The molecule has 0 saturated carbocycles. The normalized spacial score (nSPS) is 11.6. The molecule has 0 radical (unpaired) electrons. The summed E-state index contributed by atoms with van der Waals surface area (Å²) in [5, 5.41) is 9.27. The van der Waals surface area contributed by atoms with Crippen molar-refractivity contribution in [3.63, 3.8) is 0 Å². The fraction of sp³-hybridized carbons (Fsp3) is 0. The van der Waals surface area contributed by atoms with Crippen LogP contribution in [0.2, 0.25) is 0 Å². The van der Waals surface area contributed by atoms with Gasteiger partial charge in [0.15, 0.2) is 17.5 Å². The van der Waals surface area contributed by atoms with E-state index in [4.69, 9.17) is 19.4 Å². The van der Waals surface area contributed by atoms with Crippen LogP contribution in [0.5, 0.6) is 0 Å². The minimum atomic E-state index is 0.625. The first-order valence-corrected chi connectivity index (χ1v) is 20.6. The summed E-state index contributed by atoms with van der Waals surface area (Å²) in [7, 11) is 0. The van der Waals surface area contributed by atoms with Crippen molar-refractivity contribution >= 4 is 54.3 Å². The van der Waals surface area contributed by atoms with Crippen LogP contribution in [0.4, 0.5) is 0 Å². The highest BCUT2D eigenvalue weighted by Gasteiger charge is 2.16. The fourth-order valence-corrected chi connectivity index (χ4v) is 8.71. The van der Waals surface area contributed by atoms with Crippen LogP contribution in [-0.2, 0) is 0 Å². The van der Waals surface area contributed by atoms with Crippen molar-refractivity contribution in [1.29, 1.82) is 0 Å². The molecule has 2 aromatic heterocycles. The zero-order chi connectivity index (χ0) is 40.3. The van der Waals surface area contributed by atoms with Crippen LogP contribution >= 0.6 is 0 Å². The number of benzene rings is 10. The van der Waals surface area contributed by atoms with E-state index in [1.807, 2.05) is 0 Å². The highest BCUT2D eigenvalue weighted by Crippen LogP contribution is 2.39. The molecular weight excluding hydrogens is 743 g/mol. The summed E-state index contributed by atoms with van der Waals surface area (Å²) in [4.78, 5) is 15.3. The molecular formula is C57H35N3O. The van der Waals surface area contributed by atoms with Crippen LogP contribution in [0.3, 0.4) is 0 Å². The molecule has 2 heterocycles. The molecule has 0 unspecified atom stereocenters. The first-order chi connectivity index (χ1) is 30.2.